The minimum atomic E-state index is -0.325. The summed E-state index contributed by atoms with van der Waals surface area (Å²) in [5.74, 6) is 0.473. The summed E-state index contributed by atoms with van der Waals surface area (Å²) in [4.78, 5) is 13.0. The van der Waals surface area contributed by atoms with Crippen molar-refractivity contribution in [3.8, 4) is 11.3 Å². The third-order valence-electron chi connectivity index (χ3n) is 6.45. The molecule has 5 rings (SSSR count). The molecular weight excluding hydrogens is 416 g/mol. The van der Waals surface area contributed by atoms with E-state index in [1.165, 1.54) is 11.1 Å². The predicted molar refractivity (Wildman–Crippen MR) is 140 cm³/mol. The Kier molecular flexibility index (Phi) is 5.97. The van der Waals surface area contributed by atoms with Gasteiger partial charge in [0.25, 0.3) is 0 Å². The fourth-order valence-corrected chi connectivity index (χ4v) is 4.82. The minimum Gasteiger partial charge on any atom is -0.422 e. The van der Waals surface area contributed by atoms with E-state index >= 15 is 0 Å². The molecule has 0 N–H and O–H groups in total. The minimum absolute atomic E-state index is 0.000191. The van der Waals surface area contributed by atoms with Gasteiger partial charge in [-0.05, 0) is 29.5 Å². The number of rotatable bonds is 6. The Hall–Kier alpha value is -4.17. The predicted octanol–water partition coefficient (Wildman–Crippen LogP) is 7.87. The van der Waals surface area contributed by atoms with Gasteiger partial charge < -0.3 is 4.42 Å². The lowest BCUT2D eigenvalue weighted by Crippen LogP contribution is -2.15. The normalized spacial score (nSPS) is 12.1. The van der Waals surface area contributed by atoms with Crippen LogP contribution in [0.5, 0.6) is 0 Å². The first kappa shape index (κ1) is 21.7. The maximum Gasteiger partial charge on any atom is 0.344 e. The van der Waals surface area contributed by atoms with Crippen LogP contribution in [0.3, 0.4) is 0 Å². The molecule has 0 spiro atoms. The summed E-state index contributed by atoms with van der Waals surface area (Å²) < 4.78 is 6.05. The van der Waals surface area contributed by atoms with E-state index in [0.717, 1.165) is 22.1 Å². The number of hydrogen-bond acceptors (Lipinski definition) is 2. The van der Waals surface area contributed by atoms with Crippen LogP contribution in [0.15, 0.2) is 131 Å². The van der Waals surface area contributed by atoms with E-state index in [1.807, 2.05) is 66.7 Å². The summed E-state index contributed by atoms with van der Waals surface area (Å²) in [5.41, 5.74) is 5.06. The zero-order valence-electron chi connectivity index (χ0n) is 19.1. The van der Waals surface area contributed by atoms with Crippen LogP contribution in [-0.4, -0.2) is 0 Å². The third kappa shape index (κ3) is 3.99. The number of allylic oxidation sites excluding steroid dienone is 1. The molecule has 34 heavy (non-hydrogen) atoms. The third-order valence-corrected chi connectivity index (χ3v) is 6.45. The number of benzene rings is 4. The Bertz CT molecular complexity index is 1440. The molecule has 0 aliphatic rings. The van der Waals surface area contributed by atoms with Gasteiger partial charge in [-0.1, -0.05) is 115 Å². The zero-order chi connectivity index (χ0) is 23.5. The Labute approximate surface area is 199 Å². The van der Waals surface area contributed by atoms with Crippen LogP contribution in [0.2, 0.25) is 0 Å². The molecule has 1 unspecified atom stereocenters. The second kappa shape index (κ2) is 9.36. The van der Waals surface area contributed by atoms with Gasteiger partial charge in [0.05, 0.1) is 5.39 Å². The van der Waals surface area contributed by atoms with Crippen LogP contribution >= 0.6 is 0 Å². The monoisotopic (exact) mass is 442 g/mol. The van der Waals surface area contributed by atoms with E-state index < -0.39 is 0 Å². The van der Waals surface area contributed by atoms with Gasteiger partial charge in [0.15, 0.2) is 0 Å². The van der Waals surface area contributed by atoms with E-state index in [-0.39, 0.29) is 17.5 Å². The highest BCUT2D eigenvalue weighted by Gasteiger charge is 2.30. The Morgan fingerprint density at radius 2 is 1.24 bits per heavy atom. The molecule has 0 radical (unpaired) electrons. The molecule has 0 aliphatic carbocycles. The molecule has 0 fully saturated rings. The van der Waals surface area contributed by atoms with Crippen molar-refractivity contribution in [1.82, 2.24) is 0 Å². The van der Waals surface area contributed by atoms with Crippen molar-refractivity contribution in [2.45, 2.75) is 18.8 Å². The fraction of sp³-hybridized carbons (Fsp3) is 0.0938. The lowest BCUT2D eigenvalue weighted by molar-refractivity contribution is 0.523. The number of hydrogen-bond donors (Lipinski definition) is 0. The molecule has 1 aromatic heterocycles. The maximum atomic E-state index is 13.0. The van der Waals surface area contributed by atoms with Gasteiger partial charge >= 0.3 is 5.63 Å². The molecule has 1 atom stereocenters. The van der Waals surface area contributed by atoms with Crippen molar-refractivity contribution in [2.75, 3.05) is 0 Å². The van der Waals surface area contributed by atoms with E-state index in [4.69, 9.17) is 4.42 Å². The standard InChI is InChI=1S/C32H26O2/c1-3-26(29(23-12-6-4-7-13-23)24-14-8-5-9-15-24)30-27-16-10-11-17-28(27)32(33)34-31(30)25-20-18-22(2)19-21-25/h3-21,26,29H,1H2,2H3. The molecule has 5 aromatic rings. The van der Waals surface area contributed by atoms with Crippen molar-refractivity contribution >= 4 is 10.8 Å². The highest BCUT2D eigenvalue weighted by Crippen LogP contribution is 2.44. The summed E-state index contributed by atoms with van der Waals surface area (Å²) in [6, 6.07) is 36.8. The van der Waals surface area contributed by atoms with Gasteiger partial charge in [0, 0.05) is 23.0 Å². The molecule has 4 aromatic carbocycles. The molecule has 0 bridgehead atoms. The van der Waals surface area contributed by atoms with E-state index in [2.05, 4.69) is 62.0 Å². The van der Waals surface area contributed by atoms with Gasteiger partial charge in [0.2, 0.25) is 0 Å². The highest BCUT2D eigenvalue weighted by molar-refractivity contribution is 5.89. The highest BCUT2D eigenvalue weighted by atomic mass is 16.4. The smallest absolute Gasteiger partial charge is 0.344 e. The molecule has 2 heteroatoms. The number of fused-ring (bicyclic) bond motifs is 1. The van der Waals surface area contributed by atoms with Crippen LogP contribution < -0.4 is 5.63 Å². The van der Waals surface area contributed by atoms with Crippen LogP contribution in [0.1, 0.15) is 34.1 Å². The molecule has 0 aliphatic heterocycles. The molecule has 166 valence electrons. The van der Waals surface area contributed by atoms with Gasteiger partial charge in [0.1, 0.15) is 5.76 Å². The summed E-state index contributed by atoms with van der Waals surface area (Å²) in [6.45, 7) is 6.32. The first-order valence-corrected chi connectivity index (χ1v) is 11.5. The average molecular weight is 443 g/mol. The van der Waals surface area contributed by atoms with Crippen LogP contribution in [0.25, 0.3) is 22.1 Å². The van der Waals surface area contributed by atoms with Crippen molar-refractivity contribution in [3.63, 3.8) is 0 Å². The molecule has 0 saturated heterocycles. The summed E-state index contributed by atoms with van der Waals surface area (Å²) >= 11 is 0. The second-order valence-corrected chi connectivity index (χ2v) is 8.60. The van der Waals surface area contributed by atoms with Gasteiger partial charge in [-0.3, -0.25) is 0 Å². The lowest BCUT2D eigenvalue weighted by Gasteiger charge is -2.28. The first-order valence-electron chi connectivity index (χ1n) is 11.5. The van der Waals surface area contributed by atoms with Crippen LogP contribution in [-0.2, 0) is 0 Å². The Balaban J connectivity index is 1.84. The van der Waals surface area contributed by atoms with E-state index in [9.17, 15) is 4.79 Å². The molecule has 0 amide bonds. The Morgan fingerprint density at radius 1 is 0.706 bits per heavy atom. The SMILES string of the molecule is C=CC(c1c(-c2ccc(C)cc2)oc(=O)c2ccccc12)C(c1ccccc1)c1ccccc1. The summed E-state index contributed by atoms with van der Waals surface area (Å²) in [7, 11) is 0. The van der Waals surface area contributed by atoms with Crippen LogP contribution in [0, 0.1) is 6.92 Å². The van der Waals surface area contributed by atoms with Gasteiger partial charge in [-0.2, -0.15) is 0 Å². The molecule has 1 heterocycles. The zero-order valence-corrected chi connectivity index (χ0v) is 19.1. The fourth-order valence-electron chi connectivity index (χ4n) is 4.82. The van der Waals surface area contributed by atoms with Crippen molar-refractivity contribution in [3.05, 3.63) is 155 Å². The largest absolute Gasteiger partial charge is 0.422 e. The molecule has 0 saturated carbocycles. The van der Waals surface area contributed by atoms with Crippen molar-refractivity contribution in [1.29, 1.82) is 0 Å². The topological polar surface area (TPSA) is 30.2 Å². The average Bonchev–Trinajstić information content (AvgIpc) is 2.89. The maximum absolute atomic E-state index is 13.0. The quantitative estimate of drug-likeness (QED) is 0.250. The van der Waals surface area contributed by atoms with Crippen molar-refractivity contribution in [2.24, 2.45) is 0 Å². The molecular formula is C32H26O2. The first-order chi connectivity index (χ1) is 16.7. The second-order valence-electron chi connectivity index (χ2n) is 8.60. The van der Waals surface area contributed by atoms with Gasteiger partial charge in [-0.25, -0.2) is 4.79 Å². The molecule has 2 nitrogen and oxygen atoms in total. The van der Waals surface area contributed by atoms with Crippen LogP contribution in [0.4, 0.5) is 0 Å². The number of aryl methyl sites for hydroxylation is 1. The van der Waals surface area contributed by atoms with Crippen molar-refractivity contribution < 1.29 is 4.42 Å². The Morgan fingerprint density at radius 3 is 1.79 bits per heavy atom. The van der Waals surface area contributed by atoms with E-state index in [0.29, 0.717) is 11.1 Å². The van der Waals surface area contributed by atoms with E-state index in [1.54, 1.807) is 0 Å². The lowest BCUT2D eigenvalue weighted by atomic mass is 9.75. The van der Waals surface area contributed by atoms with Gasteiger partial charge in [-0.15, -0.1) is 6.58 Å². The summed E-state index contributed by atoms with van der Waals surface area (Å²) in [6.07, 6.45) is 1.99. The summed E-state index contributed by atoms with van der Waals surface area (Å²) in [5, 5.41) is 1.48.